The van der Waals surface area contributed by atoms with Crippen molar-refractivity contribution in [3.63, 3.8) is 0 Å². The van der Waals surface area contributed by atoms with Crippen molar-refractivity contribution < 1.29 is 72.9 Å². The first-order chi connectivity index (χ1) is 30.6. The summed E-state index contributed by atoms with van der Waals surface area (Å²) < 4.78 is 23.2. The number of carboxylic acids is 1. The van der Waals surface area contributed by atoms with Crippen LogP contribution in [0.3, 0.4) is 0 Å². The number of carboxylic acid groups (broad SMARTS) is 1. The first-order valence-corrected chi connectivity index (χ1v) is 21.2. The molecule has 356 valence electrons. The highest BCUT2D eigenvalue weighted by Gasteiger charge is 2.68. The van der Waals surface area contributed by atoms with E-state index in [9.17, 15) is 54.0 Å². The summed E-state index contributed by atoms with van der Waals surface area (Å²) in [5.74, 6) is -6.76. The summed E-state index contributed by atoms with van der Waals surface area (Å²) in [6.45, 7) is 11.1. The van der Waals surface area contributed by atoms with E-state index in [1.165, 1.54) is 11.6 Å². The van der Waals surface area contributed by atoms with Crippen molar-refractivity contribution in [2.75, 3.05) is 32.2 Å². The molecule has 22 nitrogen and oxygen atoms in total. The molecule has 2 aliphatic heterocycles. The minimum absolute atomic E-state index is 0.120. The number of nitrogens with one attached hydrogen (secondary N) is 3. The summed E-state index contributed by atoms with van der Waals surface area (Å²) in [7, 11) is 1.55. The number of ether oxygens (including phenoxy) is 4. The number of carbonyl (C=O) groups is 7. The molecule has 9 atom stereocenters. The first-order valence-electron chi connectivity index (χ1n) is 21.2. The van der Waals surface area contributed by atoms with Crippen molar-refractivity contribution in [1.82, 2.24) is 30.5 Å². The Balaban J connectivity index is 1.27. The third kappa shape index (κ3) is 12.2. The Morgan fingerprint density at radius 1 is 0.938 bits per heavy atom. The smallest absolute Gasteiger partial charge is 0.335 e. The molecular formula is C43H59N7O15. The van der Waals surface area contributed by atoms with Gasteiger partial charge < -0.3 is 55.3 Å². The fourth-order valence-electron chi connectivity index (χ4n) is 7.53. The Morgan fingerprint density at radius 3 is 2.26 bits per heavy atom. The highest BCUT2D eigenvalue weighted by atomic mass is 16.6. The van der Waals surface area contributed by atoms with E-state index in [1.807, 2.05) is 0 Å². The van der Waals surface area contributed by atoms with Crippen LogP contribution in [0.1, 0.15) is 64.8 Å². The van der Waals surface area contributed by atoms with E-state index in [0.717, 1.165) is 17.1 Å². The highest BCUT2D eigenvalue weighted by Crippen LogP contribution is 2.55. The maximum Gasteiger partial charge on any atom is 0.335 e. The molecule has 3 aliphatic rings. The van der Waals surface area contributed by atoms with Crippen molar-refractivity contribution >= 4 is 47.2 Å². The number of hydrogen-bond donors (Lipinski definition) is 7. The molecule has 0 bridgehead atoms. The lowest BCUT2D eigenvalue weighted by molar-refractivity contribution is -0.241. The van der Waals surface area contributed by atoms with Crippen LogP contribution in [0, 0.1) is 17.3 Å². The van der Waals surface area contributed by atoms with Crippen LogP contribution in [0.5, 0.6) is 0 Å². The van der Waals surface area contributed by atoms with Crippen molar-refractivity contribution in [3.05, 3.63) is 53.4 Å². The average molecular weight is 914 g/mol. The third-order valence-corrected chi connectivity index (χ3v) is 11.4. The molecule has 1 aromatic carbocycles. The lowest BCUT2D eigenvalue weighted by Crippen LogP contribution is -2.61. The van der Waals surface area contributed by atoms with Crippen molar-refractivity contribution in [3.8, 4) is 0 Å². The molecule has 1 aliphatic carbocycles. The molecule has 3 unspecified atom stereocenters. The maximum atomic E-state index is 13.9. The summed E-state index contributed by atoms with van der Waals surface area (Å²) in [5.41, 5.74) is -0.699. The van der Waals surface area contributed by atoms with Gasteiger partial charge in [-0.3, -0.25) is 33.7 Å². The Morgan fingerprint density at radius 2 is 1.63 bits per heavy atom. The second-order valence-corrected chi connectivity index (χ2v) is 17.8. The normalized spacial score (nSPS) is 24.2. The fraction of sp³-hybridized carbons (Fsp3) is 0.605. The topological polar surface area (TPSA) is 307 Å². The van der Waals surface area contributed by atoms with Gasteiger partial charge in [-0.15, -0.1) is 5.10 Å². The van der Waals surface area contributed by atoms with Gasteiger partial charge in [0, 0.05) is 37.6 Å². The predicted octanol–water partition coefficient (Wildman–Crippen LogP) is -0.982. The number of aliphatic hydroxyl groups is 3. The van der Waals surface area contributed by atoms with Gasteiger partial charge in [0.25, 0.3) is 11.8 Å². The molecule has 22 heteroatoms. The van der Waals surface area contributed by atoms with E-state index < -0.39 is 107 Å². The molecule has 1 saturated carbocycles. The molecule has 0 radical (unpaired) electrons. The van der Waals surface area contributed by atoms with Crippen LogP contribution >= 0.6 is 0 Å². The number of aliphatic hydroxyl groups excluding tert-OH is 3. The van der Waals surface area contributed by atoms with Crippen LogP contribution < -0.4 is 16.0 Å². The van der Waals surface area contributed by atoms with Gasteiger partial charge in [-0.1, -0.05) is 25.1 Å². The van der Waals surface area contributed by atoms with Crippen LogP contribution in [0.25, 0.3) is 0 Å². The number of benzene rings is 1. The van der Waals surface area contributed by atoms with E-state index in [4.69, 9.17) is 18.9 Å². The number of aliphatic carboxylic acids is 1. The monoisotopic (exact) mass is 913 g/mol. The number of amides is 5. The van der Waals surface area contributed by atoms with Gasteiger partial charge in [-0.25, -0.2) is 9.48 Å². The number of aromatic nitrogens is 3. The summed E-state index contributed by atoms with van der Waals surface area (Å²) in [6.07, 6.45) is -3.39. The maximum absolute atomic E-state index is 13.9. The van der Waals surface area contributed by atoms with Gasteiger partial charge >= 0.3 is 11.9 Å². The van der Waals surface area contributed by atoms with Gasteiger partial charge in [0.2, 0.25) is 17.7 Å². The zero-order chi connectivity index (χ0) is 48.0. The second-order valence-electron chi connectivity index (χ2n) is 17.8. The number of imide groups is 1. The minimum Gasteiger partial charge on any atom is -0.479 e. The molecule has 65 heavy (non-hydrogen) atoms. The standard InChI is InChI=1S/C43H59N7O15/c1-22(2)32(46-38(57)29(50-30(51)10-11-31(50)52)18-28-20-49(48-47-28)12-13-63-15-14-62-7)39(58)44-23(3)37(56)45-27-9-8-24(21-64-41(61)42(4,5)6)25(17-27)16-26-19-43(26)36(55)34(54)33(53)35(65-43)40(59)60/h8-11,17,20,22-23,26,29,32-36,53-55H,12-16,18-19,21H2,1-7H3,(H,44,58)(H,45,56)(H,46,57)(H,59,60)/t23-,26?,29?,32-,33-,34-,35-,36+,43?/m0/s1. The molecule has 5 rings (SSSR count). The second kappa shape index (κ2) is 21.1. The van der Waals surface area contributed by atoms with E-state index in [2.05, 4.69) is 26.3 Å². The quantitative estimate of drug-likeness (QED) is 0.0450. The number of methoxy groups -OCH3 is 1. The van der Waals surface area contributed by atoms with Crippen LogP contribution in [0.4, 0.5) is 5.69 Å². The summed E-state index contributed by atoms with van der Waals surface area (Å²) in [6, 6.07) is 0.938. The number of rotatable bonds is 21. The number of carbonyl (C=O) groups excluding carboxylic acids is 6. The number of anilines is 1. The molecule has 1 saturated heterocycles. The van der Waals surface area contributed by atoms with Crippen LogP contribution in [-0.2, 0) is 78.5 Å². The van der Waals surface area contributed by atoms with Crippen LogP contribution in [0.2, 0.25) is 0 Å². The third-order valence-electron chi connectivity index (χ3n) is 11.4. The van der Waals surface area contributed by atoms with E-state index >= 15 is 0 Å². The number of esters is 1. The van der Waals surface area contributed by atoms with Crippen molar-refractivity contribution in [1.29, 1.82) is 0 Å². The van der Waals surface area contributed by atoms with Gasteiger partial charge in [0.05, 0.1) is 37.5 Å². The molecule has 1 spiro atoms. The molecule has 2 aromatic rings. The van der Waals surface area contributed by atoms with E-state index in [1.54, 1.807) is 66.1 Å². The minimum atomic E-state index is -1.86. The van der Waals surface area contributed by atoms with E-state index in [0.29, 0.717) is 37.5 Å². The Hall–Kier alpha value is -5.65. The average Bonchev–Trinajstić information content (AvgIpc) is 3.53. The van der Waals surface area contributed by atoms with Gasteiger partial charge in [0.15, 0.2) is 6.10 Å². The Bertz CT molecular complexity index is 2120. The predicted molar refractivity (Wildman–Crippen MR) is 225 cm³/mol. The van der Waals surface area contributed by atoms with Gasteiger partial charge in [-0.05, 0) is 75.6 Å². The summed E-state index contributed by atoms with van der Waals surface area (Å²) in [4.78, 5) is 92.1. The van der Waals surface area contributed by atoms with Crippen molar-refractivity contribution in [2.45, 2.75) is 122 Å². The largest absolute Gasteiger partial charge is 0.479 e. The van der Waals surface area contributed by atoms with Crippen LogP contribution in [0.15, 0.2) is 36.5 Å². The Labute approximate surface area is 375 Å². The molecule has 2 fully saturated rings. The van der Waals surface area contributed by atoms with Gasteiger partial charge in [-0.2, -0.15) is 0 Å². The molecule has 5 amide bonds. The van der Waals surface area contributed by atoms with Gasteiger partial charge in [0.1, 0.15) is 48.6 Å². The van der Waals surface area contributed by atoms with Crippen LogP contribution in [-0.4, -0.2) is 157 Å². The fourth-order valence-corrected chi connectivity index (χ4v) is 7.53. The number of nitrogens with zero attached hydrogens (tertiary/aromatic N) is 4. The lowest BCUT2D eigenvalue weighted by Gasteiger charge is -2.40. The molecule has 7 N–H and O–H groups in total. The molecule has 3 heterocycles. The zero-order valence-electron chi connectivity index (χ0n) is 37.4. The zero-order valence-corrected chi connectivity index (χ0v) is 37.4. The first kappa shape index (κ1) is 50.4. The Kier molecular flexibility index (Phi) is 16.4. The highest BCUT2D eigenvalue weighted by molar-refractivity contribution is 6.15. The molecular weight excluding hydrogens is 855 g/mol. The SMILES string of the molecule is COCCOCCn1cc(CC(C(=O)N[C@H](C(=O)N[C@@H](C)C(=O)Nc2ccc(COC(=O)C(C)(C)C)c(CC3CC34O[C@H](C(=O)O)[C@@H](O)[C@H](O)[C@H]4O)c2)C(C)C)N2C(=O)C=CC2=O)nn1. The molecule has 1 aromatic heterocycles. The lowest BCUT2D eigenvalue weighted by atomic mass is 9.90. The van der Waals surface area contributed by atoms with E-state index in [-0.39, 0.29) is 37.3 Å². The summed E-state index contributed by atoms with van der Waals surface area (Å²) in [5, 5.41) is 57.4. The van der Waals surface area contributed by atoms with Crippen molar-refractivity contribution in [2.24, 2.45) is 17.3 Å². The number of hydrogen-bond acceptors (Lipinski definition) is 16. The summed E-state index contributed by atoms with van der Waals surface area (Å²) >= 11 is 0.